The van der Waals surface area contributed by atoms with Crippen molar-refractivity contribution < 1.29 is 9.47 Å². The van der Waals surface area contributed by atoms with Crippen LogP contribution in [-0.2, 0) is 9.47 Å². The van der Waals surface area contributed by atoms with Gasteiger partial charge in [-0.2, -0.15) is 0 Å². The molecule has 9 heavy (non-hydrogen) atoms. The molecule has 1 spiro atoms. The Hall–Kier alpha value is -0.0800. The minimum Gasteiger partial charge on any atom is -0.378 e. The molecular weight excluding hydrogens is 116 g/mol. The molecule has 2 atom stereocenters. The molecule has 2 unspecified atom stereocenters. The van der Waals surface area contributed by atoms with E-state index in [-0.39, 0.29) is 5.60 Å². The highest BCUT2D eigenvalue weighted by Crippen LogP contribution is 2.38. The topological polar surface area (TPSA) is 18.5 Å². The van der Waals surface area contributed by atoms with E-state index in [9.17, 15) is 0 Å². The third kappa shape index (κ3) is 0.775. The molecule has 0 saturated carbocycles. The molecule has 0 radical (unpaired) electrons. The van der Waals surface area contributed by atoms with E-state index in [1.807, 2.05) is 0 Å². The van der Waals surface area contributed by atoms with E-state index in [0.29, 0.717) is 6.10 Å². The first-order valence-electron chi connectivity index (χ1n) is 3.56. The molecule has 2 rings (SSSR count). The van der Waals surface area contributed by atoms with Crippen LogP contribution in [0, 0.1) is 0 Å². The summed E-state index contributed by atoms with van der Waals surface area (Å²) >= 11 is 0. The lowest BCUT2D eigenvalue weighted by molar-refractivity contribution is -0.194. The minimum absolute atomic E-state index is 0.166. The van der Waals surface area contributed by atoms with E-state index in [4.69, 9.17) is 9.47 Å². The molecule has 2 nitrogen and oxygen atoms in total. The van der Waals surface area contributed by atoms with Gasteiger partial charge in [0.05, 0.1) is 18.3 Å². The highest BCUT2D eigenvalue weighted by Gasteiger charge is 2.46. The standard InChI is InChI=1S/C7H12O2/c1-6-4-7(9-6)2-3-8-5-7/h6H,2-5H2,1H3. The zero-order chi connectivity index (χ0) is 6.32. The first kappa shape index (κ1) is 5.69. The summed E-state index contributed by atoms with van der Waals surface area (Å²) in [5.74, 6) is 0. The van der Waals surface area contributed by atoms with Gasteiger partial charge in [-0.3, -0.25) is 0 Å². The van der Waals surface area contributed by atoms with E-state index in [0.717, 1.165) is 19.6 Å². The number of hydrogen-bond donors (Lipinski definition) is 0. The molecule has 0 aromatic rings. The van der Waals surface area contributed by atoms with Crippen molar-refractivity contribution in [2.45, 2.75) is 31.5 Å². The molecular formula is C7H12O2. The van der Waals surface area contributed by atoms with Gasteiger partial charge in [-0.05, 0) is 6.92 Å². The van der Waals surface area contributed by atoms with Crippen LogP contribution in [0.1, 0.15) is 19.8 Å². The summed E-state index contributed by atoms with van der Waals surface area (Å²) in [6.45, 7) is 3.84. The molecule has 0 aromatic heterocycles. The average molecular weight is 128 g/mol. The third-order valence-corrected chi connectivity index (χ3v) is 2.18. The zero-order valence-electron chi connectivity index (χ0n) is 5.72. The first-order chi connectivity index (χ1) is 4.31. The van der Waals surface area contributed by atoms with Crippen molar-refractivity contribution in [1.82, 2.24) is 0 Å². The van der Waals surface area contributed by atoms with Crippen molar-refractivity contribution in [1.29, 1.82) is 0 Å². The van der Waals surface area contributed by atoms with Gasteiger partial charge in [-0.25, -0.2) is 0 Å². The van der Waals surface area contributed by atoms with E-state index < -0.39 is 0 Å². The molecule has 0 bridgehead atoms. The van der Waals surface area contributed by atoms with Gasteiger partial charge in [0.2, 0.25) is 0 Å². The van der Waals surface area contributed by atoms with E-state index in [1.54, 1.807) is 0 Å². The summed E-state index contributed by atoms with van der Waals surface area (Å²) in [5, 5.41) is 0. The Kier molecular flexibility index (Phi) is 1.08. The molecule has 2 fully saturated rings. The summed E-state index contributed by atoms with van der Waals surface area (Å²) in [5.41, 5.74) is 0.166. The van der Waals surface area contributed by atoms with Crippen molar-refractivity contribution in [2.75, 3.05) is 13.2 Å². The van der Waals surface area contributed by atoms with Gasteiger partial charge in [-0.15, -0.1) is 0 Å². The van der Waals surface area contributed by atoms with Crippen LogP contribution in [-0.4, -0.2) is 24.9 Å². The summed E-state index contributed by atoms with van der Waals surface area (Å²) < 4.78 is 10.8. The van der Waals surface area contributed by atoms with Crippen molar-refractivity contribution in [2.24, 2.45) is 0 Å². The van der Waals surface area contributed by atoms with Crippen molar-refractivity contribution >= 4 is 0 Å². The third-order valence-electron chi connectivity index (χ3n) is 2.18. The Balaban J connectivity index is 1.95. The highest BCUT2D eigenvalue weighted by molar-refractivity contribution is 4.94. The molecule has 0 aliphatic carbocycles. The lowest BCUT2D eigenvalue weighted by Gasteiger charge is -2.42. The van der Waals surface area contributed by atoms with Crippen LogP contribution in [0.25, 0.3) is 0 Å². The molecule has 2 aliphatic heterocycles. The van der Waals surface area contributed by atoms with E-state index >= 15 is 0 Å². The summed E-state index contributed by atoms with van der Waals surface area (Å²) in [6, 6.07) is 0. The van der Waals surface area contributed by atoms with Gasteiger partial charge < -0.3 is 9.47 Å². The van der Waals surface area contributed by atoms with Gasteiger partial charge in [0, 0.05) is 19.4 Å². The second-order valence-electron chi connectivity index (χ2n) is 3.12. The molecule has 2 heterocycles. The molecule has 52 valence electrons. The fourth-order valence-corrected chi connectivity index (χ4v) is 1.78. The average Bonchev–Trinajstić information content (AvgIpc) is 2.12. The van der Waals surface area contributed by atoms with Gasteiger partial charge in [-0.1, -0.05) is 0 Å². The highest BCUT2D eigenvalue weighted by atomic mass is 16.6. The van der Waals surface area contributed by atoms with Crippen LogP contribution in [0.15, 0.2) is 0 Å². The van der Waals surface area contributed by atoms with Gasteiger partial charge in [0.1, 0.15) is 0 Å². The largest absolute Gasteiger partial charge is 0.378 e. The maximum Gasteiger partial charge on any atom is 0.0964 e. The Morgan fingerprint density at radius 3 is 2.78 bits per heavy atom. The predicted octanol–water partition coefficient (Wildman–Crippen LogP) is 0.954. The predicted molar refractivity (Wildman–Crippen MR) is 33.3 cm³/mol. The van der Waals surface area contributed by atoms with E-state index in [1.165, 1.54) is 6.42 Å². The number of rotatable bonds is 0. The lowest BCUT2D eigenvalue weighted by Crippen LogP contribution is -2.49. The fourth-order valence-electron chi connectivity index (χ4n) is 1.78. The maximum atomic E-state index is 5.56. The number of hydrogen-bond acceptors (Lipinski definition) is 2. The van der Waals surface area contributed by atoms with Crippen LogP contribution < -0.4 is 0 Å². The van der Waals surface area contributed by atoms with Crippen LogP contribution >= 0.6 is 0 Å². The SMILES string of the molecule is CC1CC2(CCOC2)O1. The summed E-state index contributed by atoms with van der Waals surface area (Å²) in [7, 11) is 0. The number of ether oxygens (including phenoxy) is 2. The van der Waals surface area contributed by atoms with Crippen molar-refractivity contribution in [3.8, 4) is 0 Å². The molecule has 0 N–H and O–H groups in total. The maximum absolute atomic E-state index is 5.56. The van der Waals surface area contributed by atoms with Gasteiger partial charge in [0.15, 0.2) is 0 Å². The van der Waals surface area contributed by atoms with Gasteiger partial charge >= 0.3 is 0 Å². The molecule has 2 heteroatoms. The fraction of sp³-hybridized carbons (Fsp3) is 1.00. The molecule has 0 aromatic carbocycles. The Bertz CT molecular complexity index is 108. The zero-order valence-corrected chi connectivity index (χ0v) is 5.72. The van der Waals surface area contributed by atoms with Crippen molar-refractivity contribution in [3.63, 3.8) is 0 Å². The Morgan fingerprint density at radius 1 is 1.56 bits per heavy atom. The van der Waals surface area contributed by atoms with Crippen LogP contribution in [0.4, 0.5) is 0 Å². The minimum atomic E-state index is 0.166. The van der Waals surface area contributed by atoms with Crippen molar-refractivity contribution in [3.05, 3.63) is 0 Å². The molecule has 2 saturated heterocycles. The molecule has 0 amide bonds. The van der Waals surface area contributed by atoms with E-state index in [2.05, 4.69) is 6.92 Å². The quantitative estimate of drug-likeness (QED) is 0.483. The molecule has 2 aliphatic rings. The summed E-state index contributed by atoms with van der Waals surface area (Å²) in [4.78, 5) is 0. The smallest absolute Gasteiger partial charge is 0.0964 e. The second kappa shape index (κ2) is 1.70. The van der Waals surface area contributed by atoms with Crippen LogP contribution in [0.3, 0.4) is 0 Å². The first-order valence-corrected chi connectivity index (χ1v) is 3.56. The Morgan fingerprint density at radius 2 is 2.33 bits per heavy atom. The van der Waals surface area contributed by atoms with Crippen LogP contribution in [0.5, 0.6) is 0 Å². The monoisotopic (exact) mass is 128 g/mol. The normalized spacial score (nSPS) is 49.7. The second-order valence-corrected chi connectivity index (χ2v) is 3.12. The van der Waals surface area contributed by atoms with Crippen LogP contribution in [0.2, 0.25) is 0 Å². The lowest BCUT2D eigenvalue weighted by atomic mass is 9.89. The Labute approximate surface area is 55.1 Å². The summed E-state index contributed by atoms with van der Waals surface area (Å²) in [6.07, 6.45) is 2.79. The van der Waals surface area contributed by atoms with Gasteiger partial charge in [0.25, 0.3) is 0 Å².